The van der Waals surface area contributed by atoms with E-state index in [1.807, 2.05) is 0 Å². The molecule has 0 spiro atoms. The summed E-state index contributed by atoms with van der Waals surface area (Å²) >= 11 is 0. The largest absolute Gasteiger partial charge is 0.449 e. The first-order chi connectivity index (χ1) is 9.56. The molecule has 100 valence electrons. The number of fused-ring (bicyclic) bond motifs is 1. The second kappa shape index (κ2) is 4.56. The van der Waals surface area contributed by atoms with Crippen molar-refractivity contribution in [1.29, 1.82) is 0 Å². The molecule has 0 aliphatic heterocycles. The quantitative estimate of drug-likeness (QED) is 0.653. The average molecular weight is 272 g/mol. The number of ketones is 1. The summed E-state index contributed by atoms with van der Waals surface area (Å²) in [6, 6.07) is 10.1. The van der Waals surface area contributed by atoms with Crippen molar-refractivity contribution in [2.45, 2.75) is 6.92 Å². The van der Waals surface area contributed by atoms with Crippen molar-refractivity contribution in [2.75, 3.05) is 0 Å². The van der Waals surface area contributed by atoms with Gasteiger partial charge in [0.1, 0.15) is 5.82 Å². The number of carbonyl (C=O) groups excluding carboxylic acids is 1. The Labute approximate surface area is 113 Å². The van der Waals surface area contributed by atoms with Crippen LogP contribution in [0.3, 0.4) is 0 Å². The molecule has 0 aliphatic carbocycles. The third-order valence-corrected chi connectivity index (χ3v) is 3.15. The van der Waals surface area contributed by atoms with E-state index in [1.165, 1.54) is 30.3 Å². The Balaban J connectivity index is 2.08. The van der Waals surface area contributed by atoms with E-state index in [1.54, 1.807) is 13.0 Å². The topological polar surface area (TPSA) is 30.2 Å². The molecule has 0 bridgehead atoms. The number of furan rings is 1. The lowest BCUT2D eigenvalue weighted by atomic mass is 10.1. The molecule has 2 aromatic carbocycles. The van der Waals surface area contributed by atoms with Gasteiger partial charge in [0.05, 0.1) is 0 Å². The number of rotatable bonds is 2. The van der Waals surface area contributed by atoms with Crippen molar-refractivity contribution in [2.24, 2.45) is 0 Å². The Morgan fingerprint density at radius 3 is 2.55 bits per heavy atom. The standard InChI is InChI=1S/C16H10F2O2/c1-9-5-6-10(7-13(9)18)15(19)14-8-11-3-2-4-12(17)16(11)20-14/h2-8H,1H3. The molecule has 0 radical (unpaired) electrons. The zero-order valence-electron chi connectivity index (χ0n) is 10.6. The van der Waals surface area contributed by atoms with Crippen molar-refractivity contribution < 1.29 is 18.0 Å². The summed E-state index contributed by atoms with van der Waals surface area (Å²) in [5, 5.41) is 0.501. The highest BCUT2D eigenvalue weighted by Crippen LogP contribution is 2.24. The van der Waals surface area contributed by atoms with Crippen LogP contribution in [0.4, 0.5) is 8.78 Å². The van der Waals surface area contributed by atoms with E-state index < -0.39 is 17.4 Å². The molecule has 1 aromatic heterocycles. The highest BCUT2D eigenvalue weighted by molar-refractivity contribution is 6.09. The fraction of sp³-hybridized carbons (Fsp3) is 0.0625. The van der Waals surface area contributed by atoms with E-state index in [4.69, 9.17) is 4.42 Å². The number of para-hydroxylation sites is 1. The van der Waals surface area contributed by atoms with Gasteiger partial charge in [0, 0.05) is 10.9 Å². The Morgan fingerprint density at radius 1 is 1.05 bits per heavy atom. The Morgan fingerprint density at radius 2 is 1.85 bits per heavy atom. The summed E-state index contributed by atoms with van der Waals surface area (Å²) < 4.78 is 32.2. The first-order valence-corrected chi connectivity index (χ1v) is 6.05. The molecule has 0 N–H and O–H groups in total. The molecule has 0 unspecified atom stereocenters. The molecule has 0 saturated carbocycles. The first kappa shape index (κ1) is 12.5. The zero-order chi connectivity index (χ0) is 14.3. The highest BCUT2D eigenvalue weighted by Gasteiger charge is 2.17. The van der Waals surface area contributed by atoms with Gasteiger partial charge >= 0.3 is 0 Å². The maximum Gasteiger partial charge on any atom is 0.228 e. The van der Waals surface area contributed by atoms with Crippen LogP contribution in [0.25, 0.3) is 11.0 Å². The summed E-state index contributed by atoms with van der Waals surface area (Å²) in [6.07, 6.45) is 0. The monoisotopic (exact) mass is 272 g/mol. The first-order valence-electron chi connectivity index (χ1n) is 6.05. The third kappa shape index (κ3) is 1.99. The minimum atomic E-state index is -0.531. The molecule has 0 amide bonds. The fourth-order valence-corrected chi connectivity index (χ4v) is 2.02. The van der Waals surface area contributed by atoms with Crippen LogP contribution in [0, 0.1) is 18.6 Å². The van der Waals surface area contributed by atoms with Gasteiger partial charge in [0.15, 0.2) is 17.2 Å². The van der Waals surface area contributed by atoms with Gasteiger partial charge in [-0.3, -0.25) is 4.79 Å². The molecule has 3 aromatic rings. The van der Waals surface area contributed by atoms with Gasteiger partial charge in [-0.25, -0.2) is 8.78 Å². The predicted octanol–water partition coefficient (Wildman–Crippen LogP) is 4.25. The summed E-state index contributed by atoms with van der Waals surface area (Å²) in [4.78, 5) is 12.2. The second-order valence-electron chi connectivity index (χ2n) is 4.56. The van der Waals surface area contributed by atoms with E-state index >= 15 is 0 Å². The summed E-state index contributed by atoms with van der Waals surface area (Å²) in [5.74, 6) is -1.47. The maximum absolute atomic E-state index is 13.5. The van der Waals surface area contributed by atoms with Crippen molar-refractivity contribution in [3.05, 3.63) is 71.0 Å². The van der Waals surface area contributed by atoms with E-state index in [9.17, 15) is 13.6 Å². The number of hydrogen-bond acceptors (Lipinski definition) is 2. The van der Waals surface area contributed by atoms with Gasteiger partial charge in [0.25, 0.3) is 0 Å². The maximum atomic E-state index is 13.5. The van der Waals surface area contributed by atoms with Crippen LogP contribution >= 0.6 is 0 Å². The normalized spacial score (nSPS) is 10.9. The number of benzene rings is 2. The molecule has 0 fully saturated rings. The Hall–Kier alpha value is -2.49. The van der Waals surface area contributed by atoms with Crippen LogP contribution in [0.15, 0.2) is 46.9 Å². The SMILES string of the molecule is Cc1ccc(C(=O)c2cc3cccc(F)c3o2)cc1F. The molecule has 0 saturated heterocycles. The Kier molecular flexibility index (Phi) is 2.86. The van der Waals surface area contributed by atoms with Gasteiger partial charge in [-0.05, 0) is 30.7 Å². The molecule has 2 nitrogen and oxygen atoms in total. The number of hydrogen-bond donors (Lipinski definition) is 0. The van der Waals surface area contributed by atoms with Crippen LogP contribution < -0.4 is 0 Å². The number of carbonyl (C=O) groups is 1. The Bertz CT molecular complexity index is 818. The summed E-state index contributed by atoms with van der Waals surface area (Å²) in [7, 11) is 0. The molecule has 3 rings (SSSR count). The minimum Gasteiger partial charge on any atom is -0.449 e. The van der Waals surface area contributed by atoms with Crippen LogP contribution in [0.2, 0.25) is 0 Å². The zero-order valence-corrected chi connectivity index (χ0v) is 10.6. The lowest BCUT2D eigenvalue weighted by Gasteiger charge is -2.00. The van der Waals surface area contributed by atoms with Crippen molar-refractivity contribution in [3.8, 4) is 0 Å². The molecule has 20 heavy (non-hydrogen) atoms. The van der Waals surface area contributed by atoms with Crippen LogP contribution in [-0.4, -0.2) is 5.78 Å². The third-order valence-electron chi connectivity index (χ3n) is 3.15. The molecular weight excluding hydrogens is 262 g/mol. The van der Waals surface area contributed by atoms with Crippen LogP contribution in [0.1, 0.15) is 21.7 Å². The van der Waals surface area contributed by atoms with Crippen molar-refractivity contribution in [1.82, 2.24) is 0 Å². The molecule has 1 heterocycles. The smallest absolute Gasteiger partial charge is 0.228 e. The van der Waals surface area contributed by atoms with E-state index in [2.05, 4.69) is 0 Å². The molecular formula is C16H10F2O2. The fourth-order valence-electron chi connectivity index (χ4n) is 2.02. The van der Waals surface area contributed by atoms with E-state index in [0.29, 0.717) is 10.9 Å². The average Bonchev–Trinajstić information content (AvgIpc) is 2.86. The summed E-state index contributed by atoms with van der Waals surface area (Å²) in [6.45, 7) is 1.61. The van der Waals surface area contributed by atoms with Gasteiger partial charge in [0.2, 0.25) is 5.78 Å². The van der Waals surface area contributed by atoms with Gasteiger partial charge in [-0.1, -0.05) is 24.3 Å². The van der Waals surface area contributed by atoms with Gasteiger partial charge in [-0.2, -0.15) is 0 Å². The molecule has 0 atom stereocenters. The number of aryl methyl sites for hydroxylation is 1. The summed E-state index contributed by atoms with van der Waals surface area (Å²) in [5.41, 5.74) is 0.660. The lowest BCUT2D eigenvalue weighted by molar-refractivity contribution is 0.101. The van der Waals surface area contributed by atoms with Crippen LogP contribution in [-0.2, 0) is 0 Å². The molecule has 4 heteroatoms. The van der Waals surface area contributed by atoms with Crippen molar-refractivity contribution >= 4 is 16.8 Å². The highest BCUT2D eigenvalue weighted by atomic mass is 19.1. The minimum absolute atomic E-state index is 0.00615. The van der Waals surface area contributed by atoms with E-state index in [0.717, 1.165) is 6.07 Å². The van der Waals surface area contributed by atoms with E-state index in [-0.39, 0.29) is 16.9 Å². The number of halogens is 2. The molecule has 0 aliphatic rings. The predicted molar refractivity (Wildman–Crippen MR) is 70.7 cm³/mol. The second-order valence-corrected chi connectivity index (χ2v) is 4.56. The lowest BCUT2D eigenvalue weighted by Crippen LogP contribution is -2.00. The van der Waals surface area contributed by atoms with Gasteiger partial charge in [-0.15, -0.1) is 0 Å². The van der Waals surface area contributed by atoms with Gasteiger partial charge < -0.3 is 4.42 Å². The van der Waals surface area contributed by atoms with Crippen molar-refractivity contribution in [3.63, 3.8) is 0 Å². The van der Waals surface area contributed by atoms with Crippen LogP contribution in [0.5, 0.6) is 0 Å².